The van der Waals surface area contributed by atoms with E-state index in [9.17, 15) is 9.59 Å². The molecular formula is C24H24N2O4S. The van der Waals surface area contributed by atoms with Crippen LogP contribution in [0.5, 0.6) is 17.2 Å². The number of anilines is 1. The third-order valence-electron chi connectivity index (χ3n) is 5.04. The van der Waals surface area contributed by atoms with Crippen LogP contribution in [0.2, 0.25) is 0 Å². The molecule has 0 aliphatic carbocycles. The van der Waals surface area contributed by atoms with Gasteiger partial charge in [-0.05, 0) is 79.7 Å². The first-order valence-electron chi connectivity index (χ1n) is 10.3. The van der Waals surface area contributed by atoms with Crippen molar-refractivity contribution in [2.75, 3.05) is 18.5 Å². The average Bonchev–Trinajstić information content (AvgIpc) is 3.49. The summed E-state index contributed by atoms with van der Waals surface area (Å²) < 4.78 is 11.3. The number of nitrogens with zero attached hydrogens (tertiary/aromatic N) is 1. The number of rotatable bonds is 7. The predicted octanol–water partition coefficient (Wildman–Crippen LogP) is 5.18. The van der Waals surface area contributed by atoms with Crippen molar-refractivity contribution in [2.45, 2.75) is 25.8 Å². The quantitative estimate of drug-likeness (QED) is 0.554. The minimum Gasteiger partial charge on any atom is -0.494 e. The van der Waals surface area contributed by atoms with Crippen LogP contribution in [0.1, 0.15) is 29.4 Å². The van der Waals surface area contributed by atoms with Crippen LogP contribution in [-0.2, 0) is 4.79 Å². The van der Waals surface area contributed by atoms with E-state index in [1.807, 2.05) is 42.6 Å². The van der Waals surface area contributed by atoms with Crippen molar-refractivity contribution in [1.82, 2.24) is 4.90 Å². The Morgan fingerprint density at radius 2 is 1.71 bits per heavy atom. The van der Waals surface area contributed by atoms with E-state index in [-0.39, 0.29) is 11.8 Å². The maximum absolute atomic E-state index is 12.8. The fourth-order valence-corrected chi connectivity index (χ4v) is 4.24. The maximum Gasteiger partial charge on any atom is 0.264 e. The Labute approximate surface area is 185 Å². The van der Waals surface area contributed by atoms with E-state index in [1.54, 1.807) is 35.2 Å². The number of benzene rings is 2. The molecule has 1 aromatic heterocycles. The van der Waals surface area contributed by atoms with E-state index in [0.29, 0.717) is 41.6 Å². The van der Waals surface area contributed by atoms with E-state index in [0.717, 1.165) is 12.2 Å². The number of likely N-dealkylation sites (tertiary alicyclic amines) is 1. The van der Waals surface area contributed by atoms with Gasteiger partial charge in [0.25, 0.3) is 5.91 Å². The number of thiophene rings is 1. The summed E-state index contributed by atoms with van der Waals surface area (Å²) in [5.41, 5.74) is 0.666. The molecule has 1 aliphatic rings. The van der Waals surface area contributed by atoms with Crippen molar-refractivity contribution in [2.24, 2.45) is 0 Å². The van der Waals surface area contributed by atoms with Crippen LogP contribution in [0, 0.1) is 0 Å². The largest absolute Gasteiger partial charge is 0.494 e. The van der Waals surface area contributed by atoms with Gasteiger partial charge in [-0.1, -0.05) is 6.07 Å². The van der Waals surface area contributed by atoms with Crippen LogP contribution in [-0.4, -0.2) is 35.9 Å². The molecule has 7 heteroatoms. The van der Waals surface area contributed by atoms with E-state index < -0.39 is 6.04 Å². The fraction of sp³-hybridized carbons (Fsp3) is 0.250. The summed E-state index contributed by atoms with van der Waals surface area (Å²) in [4.78, 5) is 27.8. The zero-order chi connectivity index (χ0) is 21.6. The van der Waals surface area contributed by atoms with E-state index >= 15 is 0 Å². The van der Waals surface area contributed by atoms with Gasteiger partial charge in [-0.2, -0.15) is 0 Å². The Morgan fingerprint density at radius 1 is 1.03 bits per heavy atom. The van der Waals surface area contributed by atoms with Gasteiger partial charge >= 0.3 is 0 Å². The molecule has 0 spiro atoms. The maximum atomic E-state index is 12.8. The number of hydrogen-bond donors (Lipinski definition) is 1. The molecule has 0 bridgehead atoms. The van der Waals surface area contributed by atoms with E-state index in [4.69, 9.17) is 9.47 Å². The lowest BCUT2D eigenvalue weighted by atomic mass is 10.2. The molecule has 1 saturated heterocycles. The van der Waals surface area contributed by atoms with Crippen LogP contribution in [0.25, 0.3) is 0 Å². The van der Waals surface area contributed by atoms with Gasteiger partial charge in [0.05, 0.1) is 11.5 Å². The molecule has 31 heavy (non-hydrogen) atoms. The van der Waals surface area contributed by atoms with E-state index in [2.05, 4.69) is 5.32 Å². The van der Waals surface area contributed by atoms with Crippen LogP contribution in [0.4, 0.5) is 5.69 Å². The number of amides is 2. The van der Waals surface area contributed by atoms with Gasteiger partial charge in [-0.25, -0.2) is 0 Å². The molecule has 160 valence electrons. The number of ether oxygens (including phenoxy) is 2. The van der Waals surface area contributed by atoms with Crippen molar-refractivity contribution in [1.29, 1.82) is 0 Å². The number of hydrogen-bond acceptors (Lipinski definition) is 5. The molecule has 2 aromatic carbocycles. The van der Waals surface area contributed by atoms with Crippen molar-refractivity contribution in [3.05, 3.63) is 70.9 Å². The number of carbonyl (C=O) groups excluding carboxylic acids is 2. The van der Waals surface area contributed by atoms with Crippen molar-refractivity contribution in [3.8, 4) is 17.2 Å². The molecule has 0 radical (unpaired) electrons. The Balaban J connectivity index is 1.36. The van der Waals surface area contributed by atoms with Crippen molar-refractivity contribution < 1.29 is 19.1 Å². The van der Waals surface area contributed by atoms with E-state index in [1.165, 1.54) is 11.3 Å². The van der Waals surface area contributed by atoms with Gasteiger partial charge in [0.15, 0.2) is 0 Å². The zero-order valence-electron chi connectivity index (χ0n) is 17.2. The molecule has 6 nitrogen and oxygen atoms in total. The van der Waals surface area contributed by atoms with Crippen LogP contribution in [0.3, 0.4) is 0 Å². The van der Waals surface area contributed by atoms with Crippen LogP contribution >= 0.6 is 11.3 Å². The number of nitrogens with one attached hydrogen (secondary N) is 1. The van der Waals surface area contributed by atoms with Gasteiger partial charge in [0.2, 0.25) is 5.91 Å². The molecule has 3 aromatic rings. The lowest BCUT2D eigenvalue weighted by molar-refractivity contribution is -0.119. The van der Waals surface area contributed by atoms with Gasteiger partial charge in [-0.3, -0.25) is 9.59 Å². The highest BCUT2D eigenvalue weighted by atomic mass is 32.1. The highest BCUT2D eigenvalue weighted by molar-refractivity contribution is 7.12. The summed E-state index contributed by atoms with van der Waals surface area (Å²) in [7, 11) is 0. The first-order chi connectivity index (χ1) is 15.1. The second-order valence-corrected chi connectivity index (χ2v) is 8.10. The molecule has 1 atom stereocenters. The Hall–Kier alpha value is -3.32. The molecule has 4 rings (SSSR count). The average molecular weight is 437 g/mol. The lowest BCUT2D eigenvalue weighted by Crippen LogP contribution is -2.42. The summed E-state index contributed by atoms with van der Waals surface area (Å²) in [5.74, 6) is 1.92. The minimum absolute atomic E-state index is 0.0771. The van der Waals surface area contributed by atoms with Gasteiger partial charge in [-0.15, -0.1) is 11.3 Å². The summed E-state index contributed by atoms with van der Waals surface area (Å²) in [6.45, 7) is 3.16. The first-order valence-corrected chi connectivity index (χ1v) is 11.2. The highest BCUT2D eigenvalue weighted by Gasteiger charge is 2.34. The molecule has 0 unspecified atom stereocenters. The number of carbonyl (C=O) groups is 2. The summed E-state index contributed by atoms with van der Waals surface area (Å²) >= 11 is 1.40. The SMILES string of the molecule is CCOc1ccc(Oc2ccc(NC(=O)[C@@H]3CCCN3C(=O)c3cccs3)cc2)cc1. The second-order valence-electron chi connectivity index (χ2n) is 7.15. The first kappa shape index (κ1) is 20.9. The Bertz CT molecular complexity index is 1020. The molecule has 1 aliphatic heterocycles. The minimum atomic E-state index is -0.450. The molecule has 2 amide bonds. The van der Waals surface area contributed by atoms with Gasteiger partial charge in [0, 0.05) is 12.2 Å². The zero-order valence-corrected chi connectivity index (χ0v) is 18.1. The third-order valence-corrected chi connectivity index (χ3v) is 5.90. The summed E-state index contributed by atoms with van der Waals surface area (Å²) in [6, 6.07) is 17.8. The molecular weight excluding hydrogens is 412 g/mol. The predicted molar refractivity (Wildman–Crippen MR) is 121 cm³/mol. The monoisotopic (exact) mass is 436 g/mol. The van der Waals surface area contributed by atoms with Crippen LogP contribution in [0.15, 0.2) is 66.0 Å². The van der Waals surface area contributed by atoms with Crippen molar-refractivity contribution >= 4 is 28.8 Å². The van der Waals surface area contributed by atoms with Crippen molar-refractivity contribution in [3.63, 3.8) is 0 Å². The topological polar surface area (TPSA) is 67.9 Å². The highest BCUT2D eigenvalue weighted by Crippen LogP contribution is 2.26. The standard InChI is InChI=1S/C24H24N2O4S/c1-2-29-18-11-13-20(14-12-18)30-19-9-7-17(8-10-19)25-23(27)21-5-3-15-26(21)24(28)22-6-4-16-31-22/h4,6-14,16,21H,2-3,5,15H2,1H3,(H,25,27)/t21-/m0/s1. The lowest BCUT2D eigenvalue weighted by Gasteiger charge is -2.23. The molecule has 2 heterocycles. The normalized spacial score (nSPS) is 15.5. The van der Waals surface area contributed by atoms with Gasteiger partial charge in [0.1, 0.15) is 23.3 Å². The molecule has 0 saturated carbocycles. The Morgan fingerprint density at radius 3 is 2.35 bits per heavy atom. The molecule has 1 fully saturated rings. The fourth-order valence-electron chi connectivity index (χ4n) is 3.56. The Kier molecular flexibility index (Phi) is 6.52. The van der Waals surface area contributed by atoms with Crippen LogP contribution < -0.4 is 14.8 Å². The third kappa shape index (κ3) is 5.06. The summed E-state index contributed by atoms with van der Waals surface area (Å²) in [5, 5.41) is 4.80. The smallest absolute Gasteiger partial charge is 0.264 e. The summed E-state index contributed by atoms with van der Waals surface area (Å²) in [6.07, 6.45) is 1.49. The van der Waals surface area contributed by atoms with Gasteiger partial charge < -0.3 is 19.7 Å². The molecule has 1 N–H and O–H groups in total. The second kappa shape index (κ2) is 9.66.